The van der Waals surface area contributed by atoms with Gasteiger partial charge in [0, 0.05) is 21.1 Å². The number of carbonyl (C=O) groups is 1. The van der Waals surface area contributed by atoms with Crippen molar-refractivity contribution < 1.29 is 28.5 Å². The molecule has 4 aromatic rings. The molecule has 1 heterocycles. The number of methoxy groups -OCH3 is 3. The molecule has 178 valence electrons. The first kappa shape index (κ1) is 22.9. The maximum Gasteiger partial charge on any atom is 0.260 e. The molecule has 0 saturated heterocycles. The van der Waals surface area contributed by atoms with Crippen LogP contribution in [0.4, 0.5) is 5.69 Å². The molecule has 1 aliphatic rings. The Hall–Kier alpha value is -3.91. The minimum absolute atomic E-state index is 0.0720. The smallest absolute Gasteiger partial charge is 0.260 e. The molecule has 0 radical (unpaired) electrons. The molecule has 5 rings (SSSR count). The van der Waals surface area contributed by atoms with Crippen LogP contribution in [0, 0.1) is 0 Å². The van der Waals surface area contributed by atoms with E-state index in [1.807, 2.05) is 48.5 Å². The van der Waals surface area contributed by atoms with Crippen LogP contribution in [0.1, 0.15) is 10.4 Å². The van der Waals surface area contributed by atoms with Crippen LogP contribution in [0.2, 0.25) is 0 Å². The molecule has 35 heavy (non-hydrogen) atoms. The van der Waals surface area contributed by atoms with Crippen LogP contribution in [0.15, 0.2) is 65.1 Å². The number of anilines is 1. The van der Waals surface area contributed by atoms with Crippen LogP contribution in [0.5, 0.6) is 28.7 Å². The monoisotopic (exact) mass is 535 g/mol. The lowest BCUT2D eigenvalue weighted by Gasteiger charge is -2.19. The third kappa shape index (κ3) is 4.00. The molecule has 4 aromatic carbocycles. The van der Waals surface area contributed by atoms with Gasteiger partial charge in [0.15, 0.2) is 23.0 Å². The van der Waals surface area contributed by atoms with E-state index < -0.39 is 0 Å². The van der Waals surface area contributed by atoms with E-state index in [9.17, 15) is 4.79 Å². The maximum absolute atomic E-state index is 13.4. The lowest BCUT2D eigenvalue weighted by molar-refractivity contribution is 0.102. The van der Waals surface area contributed by atoms with Gasteiger partial charge >= 0.3 is 0 Å². The normalized spacial score (nSPS) is 11.9. The first-order valence-corrected chi connectivity index (χ1v) is 11.6. The number of hydrogen-bond donors (Lipinski definition) is 1. The molecular formula is C27H22BrNO6. The fourth-order valence-electron chi connectivity index (χ4n) is 4.23. The van der Waals surface area contributed by atoms with Gasteiger partial charge in [-0.1, -0.05) is 24.3 Å². The van der Waals surface area contributed by atoms with E-state index in [4.69, 9.17) is 23.7 Å². The third-order valence-corrected chi connectivity index (χ3v) is 6.53. The Bertz CT molecular complexity index is 1430. The van der Waals surface area contributed by atoms with Crippen LogP contribution < -0.4 is 29.0 Å². The lowest BCUT2D eigenvalue weighted by Crippen LogP contribution is -2.14. The molecule has 1 amide bonds. The molecular weight excluding hydrogens is 514 g/mol. The van der Waals surface area contributed by atoms with Gasteiger partial charge in [0.05, 0.1) is 26.9 Å². The zero-order valence-electron chi connectivity index (χ0n) is 19.3. The minimum Gasteiger partial charge on any atom is -0.497 e. The van der Waals surface area contributed by atoms with E-state index in [-0.39, 0.29) is 12.7 Å². The molecule has 1 aliphatic heterocycles. The molecule has 0 fully saturated rings. The second-order valence-electron chi connectivity index (χ2n) is 7.73. The molecule has 0 aromatic heterocycles. The van der Waals surface area contributed by atoms with Crippen molar-refractivity contribution in [1.29, 1.82) is 0 Å². The first-order chi connectivity index (χ1) is 17.0. The highest BCUT2D eigenvalue weighted by molar-refractivity contribution is 9.10. The van der Waals surface area contributed by atoms with E-state index in [1.54, 1.807) is 33.5 Å². The van der Waals surface area contributed by atoms with Crippen LogP contribution >= 0.6 is 15.9 Å². The molecule has 7 nitrogen and oxygen atoms in total. The Morgan fingerprint density at radius 1 is 0.914 bits per heavy atom. The average molecular weight is 536 g/mol. The Labute approximate surface area is 210 Å². The molecule has 0 atom stereocenters. The number of fused-ring (bicyclic) bond motifs is 2. The minimum atomic E-state index is -0.326. The maximum atomic E-state index is 13.4. The van der Waals surface area contributed by atoms with E-state index in [0.717, 1.165) is 27.6 Å². The summed E-state index contributed by atoms with van der Waals surface area (Å²) in [4.78, 5) is 13.4. The molecule has 0 saturated carbocycles. The summed E-state index contributed by atoms with van der Waals surface area (Å²) in [6.45, 7) is 0.0720. The molecule has 8 heteroatoms. The summed E-state index contributed by atoms with van der Waals surface area (Å²) in [6, 6.07) is 18.8. The third-order valence-electron chi connectivity index (χ3n) is 5.87. The summed E-state index contributed by atoms with van der Waals surface area (Å²) in [5.41, 5.74) is 2.75. The Morgan fingerprint density at radius 3 is 2.43 bits per heavy atom. The van der Waals surface area contributed by atoms with Gasteiger partial charge in [-0.3, -0.25) is 4.79 Å². The average Bonchev–Trinajstić information content (AvgIpc) is 3.36. The molecule has 0 bridgehead atoms. The van der Waals surface area contributed by atoms with Gasteiger partial charge in [-0.05, 0) is 63.3 Å². The van der Waals surface area contributed by atoms with Crippen molar-refractivity contribution in [2.24, 2.45) is 0 Å². The summed E-state index contributed by atoms with van der Waals surface area (Å²) >= 11 is 3.47. The van der Waals surface area contributed by atoms with Gasteiger partial charge in [0.1, 0.15) is 5.75 Å². The second-order valence-corrected chi connectivity index (χ2v) is 8.58. The lowest BCUT2D eigenvalue weighted by atomic mass is 9.95. The number of amides is 1. The van der Waals surface area contributed by atoms with Gasteiger partial charge < -0.3 is 29.0 Å². The highest BCUT2D eigenvalue weighted by Gasteiger charge is 2.26. The Kier molecular flexibility index (Phi) is 6.13. The fraction of sp³-hybridized carbons (Fsp3) is 0.148. The predicted molar refractivity (Wildman–Crippen MR) is 137 cm³/mol. The summed E-state index contributed by atoms with van der Waals surface area (Å²) in [6.07, 6.45) is 0. The molecule has 0 spiro atoms. The number of ether oxygens (including phenoxy) is 5. The number of hydrogen-bond acceptors (Lipinski definition) is 6. The fourth-order valence-corrected chi connectivity index (χ4v) is 4.73. The standard InChI is InChI=1S/C27H22BrNO6/c1-31-16-9-7-15(8-10-16)23-17-5-4-6-20(18(17)13-22(32-2)25(23)33-3)29-27(30)24-19(28)11-12-21-26(24)35-14-34-21/h4-13H,14H2,1-3H3,(H,29,30). The van der Waals surface area contributed by atoms with Crippen LogP contribution in [-0.2, 0) is 0 Å². The van der Waals surface area contributed by atoms with E-state index >= 15 is 0 Å². The Morgan fingerprint density at radius 2 is 1.71 bits per heavy atom. The SMILES string of the molecule is COc1ccc(-c2c(OC)c(OC)cc3c(NC(=O)c4c(Br)ccc5c4OCO5)cccc23)cc1. The molecule has 0 aliphatic carbocycles. The van der Waals surface area contributed by atoms with Crippen LogP contribution in [0.3, 0.4) is 0 Å². The van der Waals surface area contributed by atoms with Gasteiger partial charge in [0.25, 0.3) is 5.91 Å². The predicted octanol–water partition coefficient (Wildman–Crippen LogP) is 6.28. The number of nitrogens with one attached hydrogen (secondary N) is 1. The second kappa shape index (κ2) is 9.38. The zero-order chi connectivity index (χ0) is 24.5. The largest absolute Gasteiger partial charge is 0.497 e. The molecule has 0 unspecified atom stereocenters. The number of benzene rings is 4. The number of halogens is 1. The van der Waals surface area contributed by atoms with E-state index in [0.29, 0.717) is 38.7 Å². The van der Waals surface area contributed by atoms with E-state index in [1.165, 1.54) is 0 Å². The summed E-state index contributed by atoms with van der Waals surface area (Å²) < 4.78 is 28.4. The summed E-state index contributed by atoms with van der Waals surface area (Å²) in [5.74, 6) is 2.51. The summed E-state index contributed by atoms with van der Waals surface area (Å²) in [7, 11) is 4.82. The Balaban J connectivity index is 1.66. The van der Waals surface area contributed by atoms with Gasteiger partial charge in [-0.15, -0.1) is 0 Å². The van der Waals surface area contributed by atoms with Crippen molar-refractivity contribution in [1.82, 2.24) is 0 Å². The van der Waals surface area contributed by atoms with Crippen molar-refractivity contribution >= 4 is 38.3 Å². The molecule has 1 N–H and O–H groups in total. The van der Waals surface area contributed by atoms with Crippen molar-refractivity contribution in [3.8, 4) is 39.9 Å². The highest BCUT2D eigenvalue weighted by atomic mass is 79.9. The topological polar surface area (TPSA) is 75.2 Å². The van der Waals surface area contributed by atoms with Crippen molar-refractivity contribution in [2.75, 3.05) is 33.4 Å². The van der Waals surface area contributed by atoms with Crippen molar-refractivity contribution in [2.45, 2.75) is 0 Å². The zero-order valence-corrected chi connectivity index (χ0v) is 20.9. The van der Waals surface area contributed by atoms with Gasteiger partial charge in [-0.2, -0.15) is 0 Å². The number of rotatable bonds is 6. The quantitative estimate of drug-likeness (QED) is 0.313. The van der Waals surface area contributed by atoms with Crippen LogP contribution in [0.25, 0.3) is 21.9 Å². The van der Waals surface area contributed by atoms with Crippen LogP contribution in [-0.4, -0.2) is 34.0 Å². The highest BCUT2D eigenvalue weighted by Crippen LogP contribution is 2.46. The van der Waals surface area contributed by atoms with Gasteiger partial charge in [0.2, 0.25) is 6.79 Å². The van der Waals surface area contributed by atoms with Crippen molar-refractivity contribution in [3.63, 3.8) is 0 Å². The number of carbonyl (C=O) groups excluding carboxylic acids is 1. The van der Waals surface area contributed by atoms with Gasteiger partial charge in [-0.25, -0.2) is 0 Å². The first-order valence-electron chi connectivity index (χ1n) is 10.8. The van der Waals surface area contributed by atoms with Crippen molar-refractivity contribution in [3.05, 3.63) is 70.7 Å². The summed E-state index contributed by atoms with van der Waals surface area (Å²) in [5, 5.41) is 4.72. The van der Waals surface area contributed by atoms with E-state index in [2.05, 4.69) is 21.2 Å².